The molecule has 2 aliphatic rings. The average Bonchev–Trinajstić information content (AvgIpc) is 2.81. The molecule has 5 heteroatoms. The Kier molecular flexibility index (Phi) is 4.22. The molecule has 102 valence electrons. The Morgan fingerprint density at radius 1 is 1.00 bits per heavy atom. The Morgan fingerprint density at radius 3 is 2.28 bits per heavy atom. The summed E-state index contributed by atoms with van der Waals surface area (Å²) in [5, 5.41) is 21.6. The van der Waals surface area contributed by atoms with Gasteiger partial charge < -0.3 is 15.5 Å². The molecule has 0 saturated heterocycles. The number of carbonyl (C=O) groups excluding carboxylic acids is 1. The Hall–Kier alpha value is -1.10. The van der Waals surface area contributed by atoms with Crippen molar-refractivity contribution in [3.63, 3.8) is 0 Å². The van der Waals surface area contributed by atoms with Crippen molar-refractivity contribution in [1.82, 2.24) is 5.32 Å². The fourth-order valence-electron chi connectivity index (χ4n) is 3.02. The molecule has 0 spiro atoms. The van der Waals surface area contributed by atoms with E-state index in [0.717, 1.165) is 25.7 Å². The van der Waals surface area contributed by atoms with Gasteiger partial charge in [0.1, 0.15) is 0 Å². The van der Waals surface area contributed by atoms with Gasteiger partial charge in [0.15, 0.2) is 0 Å². The van der Waals surface area contributed by atoms with E-state index in [4.69, 9.17) is 5.11 Å². The maximum absolute atomic E-state index is 12.0. The molecule has 5 nitrogen and oxygen atoms in total. The standard InChI is InChI=1S/C13H21NO4/c15-11-4-2-1-3-10(11)14-12(16)8-5-6-9(7-8)13(17)18/h8-11,15H,1-7H2,(H,14,16)(H,17,18)/t8-,9+,10-,11-/m1/s1. The van der Waals surface area contributed by atoms with Gasteiger partial charge in [-0.3, -0.25) is 9.59 Å². The van der Waals surface area contributed by atoms with Gasteiger partial charge in [-0.2, -0.15) is 0 Å². The summed E-state index contributed by atoms with van der Waals surface area (Å²) in [6.45, 7) is 0. The summed E-state index contributed by atoms with van der Waals surface area (Å²) in [4.78, 5) is 22.9. The van der Waals surface area contributed by atoms with Crippen molar-refractivity contribution in [2.45, 2.75) is 57.1 Å². The van der Waals surface area contributed by atoms with E-state index < -0.39 is 12.1 Å². The van der Waals surface area contributed by atoms with E-state index in [2.05, 4.69) is 5.32 Å². The van der Waals surface area contributed by atoms with E-state index in [9.17, 15) is 14.7 Å². The van der Waals surface area contributed by atoms with Gasteiger partial charge in [0.05, 0.1) is 18.1 Å². The number of carboxylic acids is 1. The smallest absolute Gasteiger partial charge is 0.306 e. The number of rotatable bonds is 3. The monoisotopic (exact) mass is 255 g/mol. The van der Waals surface area contributed by atoms with E-state index >= 15 is 0 Å². The number of nitrogens with one attached hydrogen (secondary N) is 1. The van der Waals surface area contributed by atoms with Crippen LogP contribution in [0, 0.1) is 11.8 Å². The number of hydrogen-bond acceptors (Lipinski definition) is 3. The number of hydrogen-bond donors (Lipinski definition) is 3. The Bertz CT molecular complexity index is 331. The summed E-state index contributed by atoms with van der Waals surface area (Å²) in [5.74, 6) is -1.45. The first kappa shape index (κ1) is 13.3. The molecule has 2 aliphatic carbocycles. The molecule has 18 heavy (non-hydrogen) atoms. The van der Waals surface area contributed by atoms with Crippen LogP contribution in [0.25, 0.3) is 0 Å². The lowest BCUT2D eigenvalue weighted by molar-refractivity contribution is -0.141. The van der Waals surface area contributed by atoms with E-state index in [1.54, 1.807) is 0 Å². The van der Waals surface area contributed by atoms with Crippen molar-refractivity contribution in [3.8, 4) is 0 Å². The van der Waals surface area contributed by atoms with Crippen molar-refractivity contribution in [2.24, 2.45) is 11.8 Å². The van der Waals surface area contributed by atoms with Crippen LogP contribution in [0.5, 0.6) is 0 Å². The quantitative estimate of drug-likeness (QED) is 0.699. The zero-order valence-electron chi connectivity index (χ0n) is 10.5. The predicted molar refractivity (Wildman–Crippen MR) is 64.9 cm³/mol. The molecule has 0 heterocycles. The number of carbonyl (C=O) groups is 2. The molecule has 0 aromatic heterocycles. The molecule has 1 amide bonds. The third kappa shape index (κ3) is 3.02. The molecule has 0 radical (unpaired) electrons. The van der Waals surface area contributed by atoms with Gasteiger partial charge in [0, 0.05) is 5.92 Å². The lowest BCUT2D eigenvalue weighted by Gasteiger charge is -2.29. The molecular formula is C13H21NO4. The average molecular weight is 255 g/mol. The number of aliphatic hydroxyl groups excluding tert-OH is 1. The van der Waals surface area contributed by atoms with Crippen LogP contribution in [0.1, 0.15) is 44.9 Å². The van der Waals surface area contributed by atoms with Crippen LogP contribution in [0.4, 0.5) is 0 Å². The van der Waals surface area contributed by atoms with Crippen LogP contribution in [0.3, 0.4) is 0 Å². The van der Waals surface area contributed by atoms with Crippen molar-refractivity contribution >= 4 is 11.9 Å². The van der Waals surface area contributed by atoms with E-state index in [1.807, 2.05) is 0 Å². The van der Waals surface area contributed by atoms with E-state index in [1.165, 1.54) is 0 Å². The highest BCUT2D eigenvalue weighted by Gasteiger charge is 2.35. The van der Waals surface area contributed by atoms with E-state index in [-0.39, 0.29) is 23.8 Å². The number of aliphatic carboxylic acids is 1. The number of amides is 1. The third-order valence-corrected chi connectivity index (χ3v) is 4.21. The van der Waals surface area contributed by atoms with Crippen molar-refractivity contribution in [3.05, 3.63) is 0 Å². The first-order valence-corrected chi connectivity index (χ1v) is 6.79. The fourth-order valence-corrected chi connectivity index (χ4v) is 3.02. The van der Waals surface area contributed by atoms with Gasteiger partial charge in [-0.1, -0.05) is 12.8 Å². The molecule has 0 aliphatic heterocycles. The van der Waals surface area contributed by atoms with Crippen LogP contribution in [0.2, 0.25) is 0 Å². The highest BCUT2D eigenvalue weighted by atomic mass is 16.4. The molecule has 0 aromatic rings. The van der Waals surface area contributed by atoms with Crippen molar-refractivity contribution < 1.29 is 19.8 Å². The third-order valence-electron chi connectivity index (χ3n) is 4.21. The summed E-state index contributed by atoms with van der Waals surface area (Å²) in [6, 6.07) is -0.143. The summed E-state index contributed by atoms with van der Waals surface area (Å²) >= 11 is 0. The Balaban J connectivity index is 1.83. The van der Waals surface area contributed by atoms with Gasteiger partial charge >= 0.3 is 5.97 Å². The molecule has 4 atom stereocenters. The topological polar surface area (TPSA) is 86.6 Å². The second-order valence-corrected chi connectivity index (χ2v) is 5.51. The summed E-state index contributed by atoms with van der Waals surface area (Å²) < 4.78 is 0. The zero-order chi connectivity index (χ0) is 13.1. The second kappa shape index (κ2) is 5.69. The van der Waals surface area contributed by atoms with Crippen LogP contribution in [-0.2, 0) is 9.59 Å². The Morgan fingerprint density at radius 2 is 1.67 bits per heavy atom. The molecule has 2 rings (SSSR count). The molecule has 3 N–H and O–H groups in total. The lowest BCUT2D eigenvalue weighted by Crippen LogP contribution is -2.46. The van der Waals surface area contributed by atoms with Gasteiger partial charge in [-0.15, -0.1) is 0 Å². The predicted octanol–water partition coefficient (Wildman–Crippen LogP) is 0.907. The highest BCUT2D eigenvalue weighted by molar-refractivity contribution is 5.81. The highest BCUT2D eigenvalue weighted by Crippen LogP contribution is 2.31. The van der Waals surface area contributed by atoms with Gasteiger partial charge in [-0.25, -0.2) is 0 Å². The minimum atomic E-state index is -0.803. The summed E-state index contributed by atoms with van der Waals surface area (Å²) in [5.41, 5.74) is 0. The van der Waals surface area contributed by atoms with Gasteiger partial charge in [-0.05, 0) is 32.1 Å². The van der Waals surface area contributed by atoms with Gasteiger partial charge in [0.25, 0.3) is 0 Å². The second-order valence-electron chi connectivity index (χ2n) is 5.51. The van der Waals surface area contributed by atoms with Crippen LogP contribution < -0.4 is 5.32 Å². The van der Waals surface area contributed by atoms with Gasteiger partial charge in [0.2, 0.25) is 5.91 Å². The minimum Gasteiger partial charge on any atom is -0.481 e. The molecule has 0 unspecified atom stereocenters. The number of aliphatic hydroxyl groups is 1. The van der Waals surface area contributed by atoms with Crippen LogP contribution >= 0.6 is 0 Å². The summed E-state index contributed by atoms with van der Waals surface area (Å²) in [6.07, 6.45) is 4.83. The fraction of sp³-hybridized carbons (Fsp3) is 0.846. The largest absolute Gasteiger partial charge is 0.481 e. The maximum atomic E-state index is 12.0. The lowest BCUT2D eigenvalue weighted by atomic mass is 9.92. The molecular weight excluding hydrogens is 234 g/mol. The summed E-state index contributed by atoms with van der Waals surface area (Å²) in [7, 11) is 0. The van der Waals surface area contributed by atoms with Crippen LogP contribution in [0.15, 0.2) is 0 Å². The SMILES string of the molecule is O=C(O)[C@H]1CC[C@@H](C(=O)N[C@@H]2CCCC[C@H]2O)C1. The molecule has 0 bridgehead atoms. The maximum Gasteiger partial charge on any atom is 0.306 e. The van der Waals surface area contributed by atoms with E-state index in [0.29, 0.717) is 19.3 Å². The number of carboxylic acid groups (broad SMARTS) is 1. The first-order chi connectivity index (χ1) is 8.58. The zero-order valence-corrected chi connectivity index (χ0v) is 10.5. The normalized spacial score (nSPS) is 36.3. The molecule has 2 fully saturated rings. The minimum absolute atomic E-state index is 0.0790. The molecule has 0 aromatic carbocycles. The van der Waals surface area contributed by atoms with Crippen LogP contribution in [-0.4, -0.2) is 34.2 Å². The Labute approximate surface area is 107 Å². The molecule has 2 saturated carbocycles. The van der Waals surface area contributed by atoms with Crippen molar-refractivity contribution in [2.75, 3.05) is 0 Å². The van der Waals surface area contributed by atoms with Crippen molar-refractivity contribution in [1.29, 1.82) is 0 Å². The first-order valence-electron chi connectivity index (χ1n) is 6.79.